The maximum absolute atomic E-state index is 11.7. The summed E-state index contributed by atoms with van der Waals surface area (Å²) < 4.78 is 0.909. The molecule has 0 fully saturated rings. The van der Waals surface area contributed by atoms with Gasteiger partial charge in [-0.3, -0.25) is 4.79 Å². The first-order valence-electron chi connectivity index (χ1n) is 5.00. The van der Waals surface area contributed by atoms with E-state index in [9.17, 15) is 4.79 Å². The Balaban J connectivity index is 2.78. The Bertz CT molecular complexity index is 460. The number of amidine groups is 1. The summed E-state index contributed by atoms with van der Waals surface area (Å²) in [7, 11) is 0. The van der Waals surface area contributed by atoms with Crippen LogP contribution in [0.2, 0.25) is 0 Å². The molecule has 1 unspecified atom stereocenters. The molecule has 17 heavy (non-hydrogen) atoms. The summed E-state index contributed by atoms with van der Waals surface area (Å²) in [6.45, 7) is 3.52. The van der Waals surface area contributed by atoms with Crippen molar-refractivity contribution in [2.45, 2.75) is 13.8 Å². The monoisotopic (exact) mass is 299 g/mol. The Hall–Kier alpha value is -1.56. The van der Waals surface area contributed by atoms with Crippen molar-refractivity contribution < 1.29 is 10.0 Å². The van der Waals surface area contributed by atoms with Crippen molar-refractivity contribution >= 4 is 33.4 Å². The van der Waals surface area contributed by atoms with Crippen LogP contribution in [0.5, 0.6) is 0 Å². The SMILES string of the molecule is Cc1ccc(NC(=O)C(C)C(N)=NO)cc1Br. The van der Waals surface area contributed by atoms with Gasteiger partial charge in [0.25, 0.3) is 0 Å². The standard InChI is InChI=1S/C11H14BrN3O2/c1-6-3-4-8(5-9(6)12)14-11(16)7(2)10(13)15-17/h3-5,7,17H,1-2H3,(H2,13,15)(H,14,16). The lowest BCUT2D eigenvalue weighted by Gasteiger charge is -2.11. The molecule has 0 bridgehead atoms. The lowest BCUT2D eigenvalue weighted by atomic mass is 10.1. The van der Waals surface area contributed by atoms with Crippen LogP contribution < -0.4 is 11.1 Å². The van der Waals surface area contributed by atoms with Gasteiger partial charge in [-0.1, -0.05) is 27.2 Å². The van der Waals surface area contributed by atoms with E-state index < -0.39 is 5.92 Å². The number of aryl methyl sites for hydroxylation is 1. The van der Waals surface area contributed by atoms with Gasteiger partial charge in [0.15, 0.2) is 5.84 Å². The topological polar surface area (TPSA) is 87.7 Å². The second kappa shape index (κ2) is 5.67. The summed E-state index contributed by atoms with van der Waals surface area (Å²) in [5.41, 5.74) is 7.09. The Kier molecular flexibility index (Phi) is 4.51. The van der Waals surface area contributed by atoms with Crippen molar-refractivity contribution in [1.29, 1.82) is 0 Å². The van der Waals surface area contributed by atoms with E-state index >= 15 is 0 Å². The number of rotatable bonds is 3. The molecule has 0 saturated heterocycles. The molecule has 0 saturated carbocycles. The van der Waals surface area contributed by atoms with Crippen LogP contribution in [0.3, 0.4) is 0 Å². The summed E-state index contributed by atoms with van der Waals surface area (Å²) in [6.07, 6.45) is 0. The summed E-state index contributed by atoms with van der Waals surface area (Å²) in [5.74, 6) is -1.12. The second-order valence-electron chi connectivity index (χ2n) is 3.70. The number of hydrogen-bond donors (Lipinski definition) is 3. The number of nitrogens with two attached hydrogens (primary N) is 1. The number of nitrogens with one attached hydrogen (secondary N) is 1. The lowest BCUT2D eigenvalue weighted by molar-refractivity contribution is -0.117. The van der Waals surface area contributed by atoms with E-state index in [-0.39, 0.29) is 11.7 Å². The molecule has 0 spiro atoms. The Morgan fingerprint density at radius 3 is 2.76 bits per heavy atom. The molecule has 4 N–H and O–H groups in total. The van der Waals surface area contributed by atoms with Crippen LogP contribution in [0.4, 0.5) is 5.69 Å². The highest BCUT2D eigenvalue weighted by atomic mass is 79.9. The third kappa shape index (κ3) is 3.45. The predicted molar refractivity (Wildman–Crippen MR) is 70.1 cm³/mol. The second-order valence-corrected chi connectivity index (χ2v) is 4.55. The molecule has 0 aliphatic heterocycles. The molecule has 1 amide bonds. The third-order valence-electron chi connectivity index (χ3n) is 2.39. The fourth-order valence-electron chi connectivity index (χ4n) is 1.14. The molecule has 0 aliphatic rings. The zero-order valence-corrected chi connectivity index (χ0v) is 11.2. The predicted octanol–water partition coefficient (Wildman–Crippen LogP) is 2.08. The Morgan fingerprint density at radius 1 is 1.59 bits per heavy atom. The first kappa shape index (κ1) is 13.5. The number of halogens is 1. The van der Waals surface area contributed by atoms with E-state index in [1.807, 2.05) is 13.0 Å². The molecule has 0 heterocycles. The molecule has 1 aromatic rings. The van der Waals surface area contributed by atoms with E-state index in [0.29, 0.717) is 5.69 Å². The fourth-order valence-corrected chi connectivity index (χ4v) is 1.52. The Labute approximate surface area is 108 Å². The average Bonchev–Trinajstić information content (AvgIpc) is 2.31. The largest absolute Gasteiger partial charge is 0.409 e. The number of carbonyl (C=O) groups is 1. The molecule has 1 atom stereocenters. The fraction of sp³-hybridized carbons (Fsp3) is 0.273. The van der Waals surface area contributed by atoms with Crippen molar-refractivity contribution in [2.75, 3.05) is 5.32 Å². The van der Waals surface area contributed by atoms with Crippen molar-refractivity contribution in [2.24, 2.45) is 16.8 Å². The minimum atomic E-state index is -0.680. The van der Waals surface area contributed by atoms with Gasteiger partial charge in [-0.05, 0) is 31.5 Å². The molecule has 0 aliphatic carbocycles. The van der Waals surface area contributed by atoms with Gasteiger partial charge in [-0.15, -0.1) is 0 Å². The zero-order valence-electron chi connectivity index (χ0n) is 9.57. The minimum absolute atomic E-state index is 0.117. The molecule has 5 nitrogen and oxygen atoms in total. The van der Waals surface area contributed by atoms with Crippen molar-refractivity contribution in [3.8, 4) is 0 Å². The van der Waals surface area contributed by atoms with E-state index in [0.717, 1.165) is 10.0 Å². The summed E-state index contributed by atoms with van der Waals surface area (Å²) >= 11 is 3.38. The van der Waals surface area contributed by atoms with Crippen LogP contribution in [0, 0.1) is 12.8 Å². The highest BCUT2D eigenvalue weighted by Gasteiger charge is 2.17. The molecule has 0 aromatic heterocycles. The molecule has 6 heteroatoms. The van der Waals surface area contributed by atoms with Gasteiger partial charge in [0.05, 0.1) is 5.92 Å². The van der Waals surface area contributed by atoms with Gasteiger partial charge >= 0.3 is 0 Å². The van der Waals surface area contributed by atoms with Crippen LogP contribution in [0.25, 0.3) is 0 Å². The van der Waals surface area contributed by atoms with Crippen LogP contribution in [-0.4, -0.2) is 17.0 Å². The minimum Gasteiger partial charge on any atom is -0.409 e. The lowest BCUT2D eigenvalue weighted by Crippen LogP contribution is -2.32. The summed E-state index contributed by atoms with van der Waals surface area (Å²) in [4.78, 5) is 11.7. The maximum Gasteiger partial charge on any atom is 0.234 e. The van der Waals surface area contributed by atoms with Crippen molar-refractivity contribution in [1.82, 2.24) is 0 Å². The van der Waals surface area contributed by atoms with Gasteiger partial charge in [0.1, 0.15) is 0 Å². The number of oxime groups is 1. The number of benzene rings is 1. The number of anilines is 1. The summed E-state index contributed by atoms with van der Waals surface area (Å²) in [5, 5.41) is 14.0. The first-order valence-corrected chi connectivity index (χ1v) is 5.79. The van der Waals surface area contributed by atoms with Gasteiger partial charge in [0.2, 0.25) is 5.91 Å². The molecule has 1 rings (SSSR count). The Morgan fingerprint density at radius 2 is 2.24 bits per heavy atom. The van der Waals surface area contributed by atoms with E-state index in [4.69, 9.17) is 10.9 Å². The zero-order chi connectivity index (χ0) is 13.0. The van der Waals surface area contributed by atoms with E-state index in [2.05, 4.69) is 26.4 Å². The van der Waals surface area contributed by atoms with Crippen molar-refractivity contribution in [3.63, 3.8) is 0 Å². The number of nitrogens with zero attached hydrogens (tertiary/aromatic N) is 1. The third-order valence-corrected chi connectivity index (χ3v) is 3.25. The van der Waals surface area contributed by atoms with Crippen LogP contribution >= 0.6 is 15.9 Å². The summed E-state index contributed by atoms with van der Waals surface area (Å²) in [6, 6.07) is 5.47. The van der Waals surface area contributed by atoms with Crippen LogP contribution in [0.1, 0.15) is 12.5 Å². The number of hydrogen-bond acceptors (Lipinski definition) is 3. The number of carbonyl (C=O) groups excluding carboxylic acids is 1. The van der Waals surface area contributed by atoms with Crippen LogP contribution in [-0.2, 0) is 4.79 Å². The van der Waals surface area contributed by atoms with Gasteiger partial charge in [0, 0.05) is 10.2 Å². The highest BCUT2D eigenvalue weighted by Crippen LogP contribution is 2.20. The van der Waals surface area contributed by atoms with Gasteiger partial charge in [-0.2, -0.15) is 0 Å². The highest BCUT2D eigenvalue weighted by molar-refractivity contribution is 9.10. The normalized spacial score (nSPS) is 13.2. The smallest absolute Gasteiger partial charge is 0.234 e. The van der Waals surface area contributed by atoms with Crippen LogP contribution in [0.15, 0.2) is 27.8 Å². The van der Waals surface area contributed by atoms with Gasteiger partial charge in [-0.25, -0.2) is 0 Å². The van der Waals surface area contributed by atoms with E-state index in [1.54, 1.807) is 19.1 Å². The number of amides is 1. The quantitative estimate of drug-likeness (QED) is 0.345. The maximum atomic E-state index is 11.7. The molecule has 1 aromatic carbocycles. The molecule has 92 valence electrons. The molecular formula is C11H14BrN3O2. The first-order chi connectivity index (χ1) is 7.95. The van der Waals surface area contributed by atoms with E-state index in [1.165, 1.54) is 0 Å². The van der Waals surface area contributed by atoms with Gasteiger partial charge < -0.3 is 16.3 Å². The molecular weight excluding hydrogens is 286 g/mol. The average molecular weight is 300 g/mol. The molecule has 0 radical (unpaired) electrons. The van der Waals surface area contributed by atoms with Crippen molar-refractivity contribution in [3.05, 3.63) is 28.2 Å².